The summed E-state index contributed by atoms with van der Waals surface area (Å²) in [5.41, 5.74) is 0. The number of urea groups is 1. The molecule has 2 amide bonds. The van der Waals surface area contributed by atoms with E-state index >= 15 is 0 Å². The summed E-state index contributed by atoms with van der Waals surface area (Å²) < 4.78 is 39.3. The molecule has 3 fully saturated rings. The molecule has 2 aliphatic heterocycles. The number of hydrogen-bond acceptors (Lipinski definition) is 6. The van der Waals surface area contributed by atoms with Crippen molar-refractivity contribution >= 4 is 17.6 Å². The van der Waals surface area contributed by atoms with Crippen LogP contribution in [-0.4, -0.2) is 67.9 Å². The van der Waals surface area contributed by atoms with Crippen LogP contribution in [0.15, 0.2) is 0 Å². The Morgan fingerprint density at radius 1 is 1.17 bits per heavy atom. The van der Waals surface area contributed by atoms with Gasteiger partial charge in [-0.15, -0.1) is 11.6 Å². The van der Waals surface area contributed by atoms with E-state index < -0.39 is 35.8 Å². The topological polar surface area (TPSA) is 101 Å². The molecule has 30 heavy (non-hydrogen) atoms. The first-order valence-corrected chi connectivity index (χ1v) is 11.1. The van der Waals surface area contributed by atoms with Gasteiger partial charge in [0.05, 0.1) is 12.1 Å². The molecule has 0 bridgehead atoms. The van der Waals surface area contributed by atoms with Gasteiger partial charge in [0.1, 0.15) is 6.29 Å². The van der Waals surface area contributed by atoms with Crippen LogP contribution in [0.4, 0.5) is 18.0 Å². The second-order valence-electron chi connectivity index (χ2n) is 8.52. The molecule has 0 aromatic heterocycles. The van der Waals surface area contributed by atoms with Gasteiger partial charge in [-0.2, -0.15) is 13.2 Å². The monoisotopic (exact) mass is 455 g/mol. The smallest absolute Gasteiger partial charge is 0.335 e. The third kappa shape index (κ3) is 7.10. The Morgan fingerprint density at radius 3 is 2.67 bits per heavy atom. The number of halogens is 4. The zero-order chi connectivity index (χ0) is 21.7. The van der Waals surface area contributed by atoms with Crippen molar-refractivity contribution in [1.82, 2.24) is 37.2 Å². The molecule has 0 radical (unpaired) electrons. The summed E-state index contributed by atoms with van der Waals surface area (Å²) in [7, 11) is 0. The van der Waals surface area contributed by atoms with Crippen LogP contribution in [0.1, 0.15) is 39.0 Å². The van der Waals surface area contributed by atoms with Gasteiger partial charge in [0.25, 0.3) is 0 Å². The predicted octanol–water partition coefficient (Wildman–Crippen LogP) is 0.704. The fraction of sp³-hybridized carbons (Fsp3) is 0.944. The minimum atomic E-state index is -4.35. The fourth-order valence-electron chi connectivity index (χ4n) is 4.38. The van der Waals surface area contributed by atoms with Crippen LogP contribution >= 0.6 is 11.6 Å². The van der Waals surface area contributed by atoms with Crippen LogP contribution in [0.2, 0.25) is 0 Å². The van der Waals surface area contributed by atoms with E-state index in [-0.39, 0.29) is 25.0 Å². The summed E-state index contributed by atoms with van der Waals surface area (Å²) in [6.45, 7) is 4.66. The first-order chi connectivity index (χ1) is 14.2. The Hall–Kier alpha value is -0.850. The molecule has 7 N–H and O–H groups in total. The van der Waals surface area contributed by atoms with E-state index in [0.29, 0.717) is 12.5 Å². The van der Waals surface area contributed by atoms with Crippen molar-refractivity contribution in [2.45, 2.75) is 81.2 Å². The fourth-order valence-corrected chi connectivity index (χ4v) is 4.75. The Morgan fingerprint density at radius 2 is 1.97 bits per heavy atom. The van der Waals surface area contributed by atoms with Gasteiger partial charge in [0.2, 0.25) is 0 Å². The Bertz CT molecular complexity index is 564. The highest BCUT2D eigenvalue weighted by atomic mass is 35.5. The molecule has 7 atom stereocenters. The molecule has 0 aromatic rings. The molecule has 12 heteroatoms. The van der Waals surface area contributed by atoms with Crippen molar-refractivity contribution in [3.63, 3.8) is 0 Å². The predicted molar refractivity (Wildman–Crippen MR) is 109 cm³/mol. The minimum absolute atomic E-state index is 0.0298. The van der Waals surface area contributed by atoms with Gasteiger partial charge in [0.15, 0.2) is 0 Å². The third-order valence-corrected chi connectivity index (χ3v) is 6.52. The van der Waals surface area contributed by atoms with Gasteiger partial charge in [-0.05, 0) is 45.6 Å². The SMILES string of the molecule is CC1CC(NCCC2CNCN2)NC(NC(=O)NC2CCC(Cl)C(C(F)(F)F)C2)N1. The van der Waals surface area contributed by atoms with Gasteiger partial charge in [-0.25, -0.2) is 4.79 Å². The van der Waals surface area contributed by atoms with Crippen molar-refractivity contribution in [1.29, 1.82) is 0 Å². The maximum atomic E-state index is 13.1. The highest BCUT2D eigenvalue weighted by Crippen LogP contribution is 2.40. The van der Waals surface area contributed by atoms with E-state index in [0.717, 1.165) is 32.6 Å². The van der Waals surface area contributed by atoms with Crippen LogP contribution in [0, 0.1) is 5.92 Å². The molecule has 2 saturated heterocycles. The lowest BCUT2D eigenvalue weighted by molar-refractivity contribution is -0.182. The van der Waals surface area contributed by atoms with Crippen LogP contribution in [0.3, 0.4) is 0 Å². The molecule has 174 valence electrons. The number of hydrogen-bond donors (Lipinski definition) is 7. The zero-order valence-electron chi connectivity index (χ0n) is 17.1. The lowest BCUT2D eigenvalue weighted by Gasteiger charge is -2.38. The van der Waals surface area contributed by atoms with Gasteiger partial charge >= 0.3 is 12.2 Å². The van der Waals surface area contributed by atoms with Crippen LogP contribution in [0.25, 0.3) is 0 Å². The molecule has 8 nitrogen and oxygen atoms in total. The summed E-state index contributed by atoms with van der Waals surface area (Å²) >= 11 is 5.86. The van der Waals surface area contributed by atoms with Crippen LogP contribution in [0.5, 0.6) is 0 Å². The molecular formula is C18H33ClF3N7O. The van der Waals surface area contributed by atoms with E-state index in [1.807, 2.05) is 6.92 Å². The largest absolute Gasteiger partial charge is 0.393 e. The van der Waals surface area contributed by atoms with Crippen molar-refractivity contribution < 1.29 is 18.0 Å². The number of amides is 2. The molecule has 2 heterocycles. The molecular weight excluding hydrogens is 423 g/mol. The zero-order valence-corrected chi connectivity index (χ0v) is 17.9. The molecule has 3 aliphatic rings. The first-order valence-electron chi connectivity index (χ1n) is 10.7. The number of nitrogens with one attached hydrogen (secondary N) is 7. The average Bonchev–Trinajstić information content (AvgIpc) is 3.15. The molecule has 1 aliphatic carbocycles. The number of carbonyl (C=O) groups excluding carboxylic acids is 1. The van der Waals surface area contributed by atoms with E-state index in [1.54, 1.807) is 0 Å². The first kappa shape index (κ1) is 23.8. The number of alkyl halides is 4. The van der Waals surface area contributed by atoms with Crippen molar-refractivity contribution in [2.75, 3.05) is 19.8 Å². The second kappa shape index (κ2) is 10.6. The van der Waals surface area contributed by atoms with Gasteiger partial charge < -0.3 is 26.6 Å². The Kier molecular flexibility index (Phi) is 8.45. The third-order valence-electron chi connectivity index (χ3n) is 6.00. The lowest BCUT2D eigenvalue weighted by atomic mass is 9.85. The molecule has 7 unspecified atom stereocenters. The van der Waals surface area contributed by atoms with Crippen LogP contribution in [-0.2, 0) is 0 Å². The molecule has 3 rings (SSSR count). The quantitative estimate of drug-likeness (QED) is 0.298. The molecule has 0 aromatic carbocycles. The summed E-state index contributed by atoms with van der Waals surface area (Å²) in [4.78, 5) is 12.4. The Balaban J connectivity index is 1.41. The standard InChI is InChI=1S/C18H33ClF3N7O/c1-10-6-15(24-5-4-12-8-23-9-25-12)28-16(26-10)29-17(30)27-11-2-3-14(19)13(7-11)18(20,21)22/h10-16,23-26,28H,2-9H2,1H3,(H2,27,29,30). The van der Waals surface area contributed by atoms with E-state index in [1.165, 1.54) is 0 Å². The highest BCUT2D eigenvalue weighted by Gasteiger charge is 2.47. The Labute approximate surface area is 180 Å². The van der Waals surface area contributed by atoms with E-state index in [2.05, 4.69) is 37.2 Å². The van der Waals surface area contributed by atoms with Crippen LogP contribution < -0.4 is 37.2 Å². The maximum absolute atomic E-state index is 13.1. The summed E-state index contributed by atoms with van der Waals surface area (Å²) in [5, 5.41) is 21.1. The summed E-state index contributed by atoms with van der Waals surface area (Å²) in [6.07, 6.45) is -2.48. The van der Waals surface area contributed by atoms with Crippen molar-refractivity contribution in [2.24, 2.45) is 5.92 Å². The highest BCUT2D eigenvalue weighted by molar-refractivity contribution is 6.20. The molecule has 0 spiro atoms. The van der Waals surface area contributed by atoms with Crippen molar-refractivity contribution in [3.05, 3.63) is 0 Å². The molecule has 1 saturated carbocycles. The summed E-state index contributed by atoms with van der Waals surface area (Å²) in [6, 6.07) is -0.413. The minimum Gasteiger partial charge on any atom is -0.335 e. The van der Waals surface area contributed by atoms with Gasteiger partial charge in [-0.3, -0.25) is 10.6 Å². The van der Waals surface area contributed by atoms with E-state index in [4.69, 9.17) is 11.6 Å². The maximum Gasteiger partial charge on any atom is 0.393 e. The normalized spacial score (nSPS) is 37.7. The summed E-state index contributed by atoms with van der Waals surface area (Å²) in [5.74, 6) is -1.60. The average molecular weight is 456 g/mol. The van der Waals surface area contributed by atoms with E-state index in [9.17, 15) is 18.0 Å². The van der Waals surface area contributed by atoms with Crippen molar-refractivity contribution in [3.8, 4) is 0 Å². The number of carbonyl (C=O) groups is 1. The number of rotatable bonds is 6. The lowest BCUT2D eigenvalue weighted by Crippen LogP contribution is -2.68. The van der Waals surface area contributed by atoms with Gasteiger partial charge in [-0.1, -0.05) is 0 Å². The second-order valence-corrected chi connectivity index (χ2v) is 9.08. The van der Waals surface area contributed by atoms with Gasteiger partial charge in [0, 0.05) is 36.7 Å².